The minimum atomic E-state index is -0.957. The van der Waals surface area contributed by atoms with Crippen LogP contribution >= 0.6 is 0 Å². The molecule has 132 valence electrons. The Bertz CT molecular complexity index is 1110. The molecule has 0 atom stereocenters. The first-order valence-electron chi connectivity index (χ1n) is 8.28. The summed E-state index contributed by atoms with van der Waals surface area (Å²) in [5, 5.41) is 13.8. The fraction of sp³-hybridized carbons (Fsp3) is 0. The number of anilines is 2. The summed E-state index contributed by atoms with van der Waals surface area (Å²) in [6, 6.07) is 21.6. The molecule has 0 amide bonds. The Balaban J connectivity index is 1.59. The van der Waals surface area contributed by atoms with Crippen molar-refractivity contribution in [3.05, 3.63) is 84.6 Å². The average Bonchev–Trinajstić information content (AvgIpc) is 2.68. The van der Waals surface area contributed by atoms with Gasteiger partial charge in [-0.1, -0.05) is 30.3 Å². The number of nitrogens with zero attached hydrogens (tertiary/aromatic N) is 2. The number of carbonyl (C=O) groups is 1. The van der Waals surface area contributed by atoms with Crippen molar-refractivity contribution in [1.82, 2.24) is 9.97 Å². The summed E-state index contributed by atoms with van der Waals surface area (Å²) in [7, 11) is 0. The smallest absolute Gasteiger partial charge is 0.336 e. The van der Waals surface area contributed by atoms with Crippen LogP contribution in [0.1, 0.15) is 10.4 Å². The summed E-state index contributed by atoms with van der Waals surface area (Å²) >= 11 is 0. The van der Waals surface area contributed by atoms with Crippen LogP contribution in [0, 0.1) is 0 Å². The van der Waals surface area contributed by atoms with Crippen LogP contribution in [0.2, 0.25) is 0 Å². The molecule has 6 heteroatoms. The lowest BCUT2D eigenvalue weighted by molar-refractivity contribution is 0.0699. The van der Waals surface area contributed by atoms with Crippen LogP contribution < -0.4 is 10.1 Å². The number of fused-ring (bicyclic) bond motifs is 1. The Morgan fingerprint density at radius 3 is 2.63 bits per heavy atom. The van der Waals surface area contributed by atoms with Crippen molar-refractivity contribution in [3.8, 4) is 11.6 Å². The van der Waals surface area contributed by atoms with Gasteiger partial charge >= 0.3 is 5.97 Å². The fourth-order valence-corrected chi connectivity index (χ4v) is 2.74. The van der Waals surface area contributed by atoms with Crippen molar-refractivity contribution < 1.29 is 14.6 Å². The lowest BCUT2D eigenvalue weighted by Crippen LogP contribution is -1.98. The molecule has 6 nitrogen and oxygen atoms in total. The maximum atomic E-state index is 11.3. The molecule has 1 aromatic heterocycles. The monoisotopic (exact) mass is 357 g/mol. The van der Waals surface area contributed by atoms with Crippen molar-refractivity contribution in [2.75, 3.05) is 5.32 Å². The topological polar surface area (TPSA) is 84.3 Å². The number of carboxylic acid groups (broad SMARTS) is 1. The van der Waals surface area contributed by atoms with Gasteiger partial charge in [0.15, 0.2) is 0 Å². The second kappa shape index (κ2) is 7.13. The molecule has 0 saturated carbocycles. The van der Waals surface area contributed by atoms with E-state index in [0.29, 0.717) is 23.0 Å². The van der Waals surface area contributed by atoms with E-state index in [1.54, 1.807) is 42.6 Å². The summed E-state index contributed by atoms with van der Waals surface area (Å²) < 4.78 is 5.83. The first-order valence-corrected chi connectivity index (χ1v) is 8.28. The van der Waals surface area contributed by atoms with Crippen LogP contribution in [0.15, 0.2) is 79.0 Å². The quantitative estimate of drug-likeness (QED) is 0.530. The predicted molar refractivity (Wildman–Crippen MR) is 103 cm³/mol. The molecule has 3 aromatic carbocycles. The fourth-order valence-electron chi connectivity index (χ4n) is 2.74. The average molecular weight is 357 g/mol. The number of benzene rings is 3. The van der Waals surface area contributed by atoms with E-state index in [9.17, 15) is 9.90 Å². The zero-order chi connectivity index (χ0) is 18.6. The molecular weight excluding hydrogens is 342 g/mol. The second-order valence-electron chi connectivity index (χ2n) is 5.81. The maximum absolute atomic E-state index is 11.3. The maximum Gasteiger partial charge on any atom is 0.336 e. The number of para-hydroxylation sites is 1. The van der Waals surface area contributed by atoms with Crippen molar-refractivity contribution in [1.29, 1.82) is 0 Å². The molecule has 2 N–H and O–H groups in total. The number of hydrogen-bond donors (Lipinski definition) is 2. The largest absolute Gasteiger partial charge is 0.478 e. The highest BCUT2D eigenvalue weighted by atomic mass is 16.5. The molecule has 27 heavy (non-hydrogen) atoms. The van der Waals surface area contributed by atoms with Crippen LogP contribution in [0.5, 0.6) is 11.6 Å². The van der Waals surface area contributed by atoms with Gasteiger partial charge in [-0.05, 0) is 47.2 Å². The molecule has 0 radical (unpaired) electrons. The zero-order valence-corrected chi connectivity index (χ0v) is 14.2. The van der Waals surface area contributed by atoms with Gasteiger partial charge in [-0.2, -0.15) is 4.98 Å². The summed E-state index contributed by atoms with van der Waals surface area (Å²) in [5.74, 6) is 0.418. The normalized spacial score (nSPS) is 10.5. The van der Waals surface area contributed by atoms with Gasteiger partial charge < -0.3 is 15.2 Å². The summed E-state index contributed by atoms with van der Waals surface area (Å²) in [6.45, 7) is 0. The van der Waals surface area contributed by atoms with Gasteiger partial charge in [0.25, 0.3) is 0 Å². The molecule has 4 rings (SSSR count). The van der Waals surface area contributed by atoms with Gasteiger partial charge in [0.05, 0.1) is 5.56 Å². The van der Waals surface area contributed by atoms with E-state index >= 15 is 0 Å². The Morgan fingerprint density at radius 2 is 1.81 bits per heavy atom. The molecular formula is C21H15N3O3. The number of aromatic nitrogens is 2. The lowest BCUT2D eigenvalue weighted by atomic mass is 10.0. The van der Waals surface area contributed by atoms with Crippen molar-refractivity contribution in [2.45, 2.75) is 0 Å². The van der Waals surface area contributed by atoms with Crippen molar-refractivity contribution in [2.24, 2.45) is 0 Å². The van der Waals surface area contributed by atoms with E-state index in [2.05, 4.69) is 15.3 Å². The number of ether oxygens (including phenoxy) is 1. The zero-order valence-electron chi connectivity index (χ0n) is 14.2. The van der Waals surface area contributed by atoms with Crippen LogP contribution in [0.3, 0.4) is 0 Å². The van der Waals surface area contributed by atoms with E-state index in [1.165, 1.54) is 0 Å². The number of carboxylic acids is 1. The summed E-state index contributed by atoms with van der Waals surface area (Å²) in [5.41, 5.74) is 1.14. The predicted octanol–water partition coefficient (Wildman–Crippen LogP) is 4.86. The molecule has 1 heterocycles. The molecule has 0 bridgehead atoms. The van der Waals surface area contributed by atoms with Gasteiger partial charge in [-0.25, -0.2) is 9.78 Å². The van der Waals surface area contributed by atoms with E-state index in [-0.39, 0.29) is 5.56 Å². The van der Waals surface area contributed by atoms with E-state index in [1.807, 2.05) is 36.4 Å². The third-order valence-electron chi connectivity index (χ3n) is 3.96. The Kier molecular flexibility index (Phi) is 4.37. The minimum absolute atomic E-state index is 0.260. The minimum Gasteiger partial charge on any atom is -0.478 e. The van der Waals surface area contributed by atoms with Crippen LogP contribution in [0.25, 0.3) is 10.8 Å². The van der Waals surface area contributed by atoms with Gasteiger partial charge in [0.2, 0.25) is 11.8 Å². The van der Waals surface area contributed by atoms with Crippen molar-refractivity contribution in [3.63, 3.8) is 0 Å². The molecule has 0 spiro atoms. The van der Waals surface area contributed by atoms with Gasteiger partial charge in [0.1, 0.15) is 5.75 Å². The summed E-state index contributed by atoms with van der Waals surface area (Å²) in [4.78, 5) is 19.9. The number of rotatable bonds is 5. The highest BCUT2D eigenvalue weighted by Crippen LogP contribution is 2.27. The number of aromatic carboxylic acids is 1. The van der Waals surface area contributed by atoms with Gasteiger partial charge in [0, 0.05) is 18.0 Å². The Labute approximate surface area is 155 Å². The molecule has 0 saturated heterocycles. The van der Waals surface area contributed by atoms with Crippen LogP contribution in [-0.4, -0.2) is 21.0 Å². The molecule has 0 aliphatic rings. The first kappa shape index (κ1) is 16.5. The Hall–Kier alpha value is -3.93. The highest BCUT2D eigenvalue weighted by Gasteiger charge is 2.09. The standard InChI is InChI=1S/C21H15N3O3/c25-20(26)18-8-4-5-14-13-16(9-10-17(14)18)27-19-11-12-22-21(24-19)23-15-6-2-1-3-7-15/h1-13H,(H,25,26)(H,22,23,24). The SMILES string of the molecule is O=C(O)c1cccc2cc(Oc3ccnc(Nc4ccccc4)n3)ccc12. The second-order valence-corrected chi connectivity index (χ2v) is 5.81. The third kappa shape index (κ3) is 3.69. The molecule has 4 aromatic rings. The van der Waals surface area contributed by atoms with Crippen LogP contribution in [0.4, 0.5) is 11.6 Å². The van der Waals surface area contributed by atoms with Gasteiger partial charge in [-0.15, -0.1) is 0 Å². The highest BCUT2D eigenvalue weighted by molar-refractivity contribution is 6.03. The molecule has 0 aliphatic heterocycles. The Morgan fingerprint density at radius 1 is 0.963 bits per heavy atom. The van der Waals surface area contributed by atoms with Gasteiger partial charge in [-0.3, -0.25) is 0 Å². The number of nitrogens with one attached hydrogen (secondary N) is 1. The van der Waals surface area contributed by atoms with Crippen LogP contribution in [-0.2, 0) is 0 Å². The molecule has 0 unspecified atom stereocenters. The van der Waals surface area contributed by atoms with Crippen molar-refractivity contribution >= 4 is 28.4 Å². The summed E-state index contributed by atoms with van der Waals surface area (Å²) in [6.07, 6.45) is 1.61. The molecule has 0 aliphatic carbocycles. The molecule has 0 fully saturated rings. The first-order chi connectivity index (χ1) is 13.2. The van der Waals surface area contributed by atoms with E-state index < -0.39 is 5.97 Å². The lowest BCUT2D eigenvalue weighted by Gasteiger charge is -2.09. The van der Waals surface area contributed by atoms with E-state index in [4.69, 9.17) is 4.74 Å². The van der Waals surface area contributed by atoms with E-state index in [0.717, 1.165) is 11.1 Å². The number of hydrogen-bond acceptors (Lipinski definition) is 5. The third-order valence-corrected chi connectivity index (χ3v) is 3.96.